The number of aryl methyl sites for hydroxylation is 1. The number of anilines is 1. The van der Waals surface area contributed by atoms with Gasteiger partial charge in [0, 0.05) is 11.3 Å². The van der Waals surface area contributed by atoms with E-state index < -0.39 is 0 Å². The smallest absolute Gasteiger partial charge is 0.173 e. The van der Waals surface area contributed by atoms with E-state index in [0.29, 0.717) is 0 Å². The van der Waals surface area contributed by atoms with Gasteiger partial charge in [0.2, 0.25) is 0 Å². The molecule has 3 rings (SSSR count). The van der Waals surface area contributed by atoms with Crippen LogP contribution in [0, 0.1) is 6.92 Å². The second-order valence-corrected chi connectivity index (χ2v) is 7.59. The Morgan fingerprint density at radius 3 is 2.21 bits per heavy atom. The number of hydrogen-bond acceptors (Lipinski definition) is 4. The predicted molar refractivity (Wildman–Crippen MR) is 119 cm³/mol. The molecular weight excluding hydrogens is 386 g/mol. The first-order chi connectivity index (χ1) is 14.0. The number of piperazine rings is 1. The van der Waals surface area contributed by atoms with Crippen molar-refractivity contribution in [3.05, 3.63) is 47.5 Å². The third-order valence-electron chi connectivity index (χ3n) is 5.38. The molecule has 0 aliphatic carbocycles. The van der Waals surface area contributed by atoms with Crippen molar-refractivity contribution in [1.29, 1.82) is 0 Å². The highest BCUT2D eigenvalue weighted by Gasteiger charge is 2.23. The van der Waals surface area contributed by atoms with E-state index in [0.717, 1.165) is 60.8 Å². The molecule has 0 saturated carbocycles. The van der Waals surface area contributed by atoms with Crippen molar-refractivity contribution >= 4 is 23.0 Å². The van der Waals surface area contributed by atoms with Crippen LogP contribution >= 0.6 is 12.2 Å². The summed E-state index contributed by atoms with van der Waals surface area (Å²) in [4.78, 5) is 3.79. The molecule has 29 heavy (non-hydrogen) atoms. The first kappa shape index (κ1) is 21.2. The molecule has 0 spiro atoms. The Labute approximate surface area is 178 Å². The molecular formula is C22H30N3O3S+. The monoisotopic (exact) mass is 416 g/mol. The van der Waals surface area contributed by atoms with Crippen molar-refractivity contribution in [2.45, 2.75) is 13.5 Å². The lowest BCUT2D eigenvalue weighted by Crippen LogP contribution is -3.13. The summed E-state index contributed by atoms with van der Waals surface area (Å²) in [6, 6.07) is 12.0. The van der Waals surface area contributed by atoms with E-state index in [-0.39, 0.29) is 0 Å². The summed E-state index contributed by atoms with van der Waals surface area (Å²) < 4.78 is 16.1. The summed E-state index contributed by atoms with van der Waals surface area (Å²) in [5.74, 6) is 2.41. The zero-order valence-corrected chi connectivity index (χ0v) is 18.4. The van der Waals surface area contributed by atoms with Crippen molar-refractivity contribution in [2.24, 2.45) is 0 Å². The van der Waals surface area contributed by atoms with Gasteiger partial charge in [-0.1, -0.05) is 0 Å². The van der Waals surface area contributed by atoms with Gasteiger partial charge in [-0.25, -0.2) is 0 Å². The fourth-order valence-corrected chi connectivity index (χ4v) is 3.86. The van der Waals surface area contributed by atoms with Crippen LogP contribution in [0.3, 0.4) is 0 Å². The summed E-state index contributed by atoms with van der Waals surface area (Å²) in [5.41, 5.74) is 3.51. The molecule has 0 unspecified atom stereocenters. The standard InChI is InChI=1S/C22H29N3O3S/c1-16-13-20(27-3)21(28-4)14-17(16)15-24-9-11-25(12-10-24)22(29)23-18-5-7-19(26-2)8-6-18/h5-8,13-14H,9-12,15H2,1-4H3,(H,23,29)/p+1. The lowest BCUT2D eigenvalue weighted by Gasteiger charge is -2.34. The van der Waals surface area contributed by atoms with Crippen molar-refractivity contribution < 1.29 is 19.1 Å². The lowest BCUT2D eigenvalue weighted by molar-refractivity contribution is -0.917. The average molecular weight is 417 g/mol. The Bertz CT molecular complexity index is 834. The minimum atomic E-state index is 0.775. The Kier molecular flexibility index (Phi) is 7.17. The van der Waals surface area contributed by atoms with Crippen molar-refractivity contribution in [2.75, 3.05) is 52.8 Å². The third-order valence-corrected chi connectivity index (χ3v) is 5.74. The summed E-state index contributed by atoms with van der Waals surface area (Å²) in [6.07, 6.45) is 0. The molecule has 1 aliphatic rings. The molecule has 6 nitrogen and oxygen atoms in total. The fourth-order valence-electron chi connectivity index (χ4n) is 3.56. The van der Waals surface area contributed by atoms with E-state index in [9.17, 15) is 0 Å². The summed E-state index contributed by atoms with van der Waals surface area (Å²) >= 11 is 5.61. The molecule has 0 amide bonds. The Balaban J connectivity index is 1.54. The normalized spacial score (nSPS) is 14.4. The van der Waals surface area contributed by atoms with E-state index in [1.54, 1.807) is 26.2 Å². The molecule has 0 atom stereocenters. The first-order valence-electron chi connectivity index (χ1n) is 9.79. The number of nitrogens with zero attached hydrogens (tertiary/aromatic N) is 1. The largest absolute Gasteiger partial charge is 0.497 e. The van der Waals surface area contributed by atoms with Crippen LogP contribution in [-0.4, -0.2) is 57.5 Å². The number of rotatable bonds is 6. The van der Waals surface area contributed by atoms with Crippen LogP contribution in [0.2, 0.25) is 0 Å². The molecule has 0 aromatic heterocycles. The Hall–Kier alpha value is -2.51. The zero-order valence-electron chi connectivity index (χ0n) is 17.6. The average Bonchev–Trinajstić information content (AvgIpc) is 2.75. The summed E-state index contributed by atoms with van der Waals surface area (Å²) in [7, 11) is 5.02. The highest BCUT2D eigenvalue weighted by Crippen LogP contribution is 2.29. The van der Waals surface area contributed by atoms with Crippen molar-refractivity contribution in [3.8, 4) is 17.2 Å². The van der Waals surface area contributed by atoms with Gasteiger partial charge >= 0.3 is 0 Å². The zero-order chi connectivity index (χ0) is 20.8. The minimum Gasteiger partial charge on any atom is -0.497 e. The highest BCUT2D eigenvalue weighted by molar-refractivity contribution is 7.80. The maximum atomic E-state index is 5.61. The SMILES string of the molecule is COc1ccc(NC(=S)N2CC[NH+](Cc3cc(OC)c(OC)cc3C)CC2)cc1. The van der Waals surface area contributed by atoms with E-state index in [1.165, 1.54) is 11.1 Å². The number of nitrogens with one attached hydrogen (secondary N) is 2. The summed E-state index contributed by atoms with van der Waals surface area (Å²) in [5, 5.41) is 4.10. The second-order valence-electron chi connectivity index (χ2n) is 7.21. The molecule has 2 N–H and O–H groups in total. The molecule has 1 saturated heterocycles. The number of methoxy groups -OCH3 is 3. The second kappa shape index (κ2) is 9.80. The Morgan fingerprint density at radius 1 is 1.00 bits per heavy atom. The van der Waals surface area contributed by atoms with Gasteiger partial charge in [-0.3, -0.25) is 0 Å². The highest BCUT2D eigenvalue weighted by atomic mass is 32.1. The molecule has 1 heterocycles. The van der Waals surface area contributed by atoms with Gasteiger partial charge in [-0.05, 0) is 61.1 Å². The van der Waals surface area contributed by atoms with Crippen LogP contribution in [0.15, 0.2) is 36.4 Å². The van der Waals surface area contributed by atoms with Crippen LogP contribution in [0.5, 0.6) is 17.2 Å². The van der Waals surface area contributed by atoms with Crippen LogP contribution in [0.25, 0.3) is 0 Å². The lowest BCUT2D eigenvalue weighted by atomic mass is 10.1. The van der Waals surface area contributed by atoms with E-state index >= 15 is 0 Å². The number of thiocarbonyl (C=S) groups is 1. The molecule has 0 bridgehead atoms. The number of ether oxygens (including phenoxy) is 3. The molecule has 1 aliphatic heterocycles. The molecule has 2 aromatic rings. The quantitative estimate of drug-likeness (QED) is 0.704. The van der Waals surface area contributed by atoms with E-state index in [1.807, 2.05) is 24.3 Å². The maximum Gasteiger partial charge on any atom is 0.173 e. The van der Waals surface area contributed by atoms with Crippen LogP contribution < -0.4 is 24.4 Å². The minimum absolute atomic E-state index is 0.775. The molecule has 7 heteroatoms. The number of quaternary nitrogens is 1. The van der Waals surface area contributed by atoms with Crippen LogP contribution in [-0.2, 0) is 6.54 Å². The van der Waals surface area contributed by atoms with Crippen molar-refractivity contribution in [1.82, 2.24) is 4.90 Å². The number of hydrogen-bond donors (Lipinski definition) is 2. The molecule has 1 fully saturated rings. The van der Waals surface area contributed by atoms with Gasteiger partial charge in [0.1, 0.15) is 12.3 Å². The first-order valence-corrected chi connectivity index (χ1v) is 10.2. The Morgan fingerprint density at radius 2 is 1.62 bits per heavy atom. The van der Waals surface area contributed by atoms with Gasteiger partial charge in [-0.15, -0.1) is 0 Å². The van der Waals surface area contributed by atoms with Gasteiger partial charge in [-0.2, -0.15) is 0 Å². The number of benzene rings is 2. The van der Waals surface area contributed by atoms with E-state index in [2.05, 4.69) is 29.3 Å². The van der Waals surface area contributed by atoms with Gasteiger partial charge < -0.3 is 29.3 Å². The van der Waals surface area contributed by atoms with Crippen LogP contribution in [0.4, 0.5) is 5.69 Å². The molecule has 2 aromatic carbocycles. The predicted octanol–water partition coefficient (Wildman–Crippen LogP) is 2.12. The van der Waals surface area contributed by atoms with E-state index in [4.69, 9.17) is 26.4 Å². The van der Waals surface area contributed by atoms with Crippen molar-refractivity contribution in [3.63, 3.8) is 0 Å². The molecule has 156 valence electrons. The fraction of sp³-hybridized carbons (Fsp3) is 0.409. The maximum absolute atomic E-state index is 5.61. The third kappa shape index (κ3) is 5.31. The van der Waals surface area contributed by atoms with Gasteiger partial charge in [0.15, 0.2) is 16.6 Å². The van der Waals surface area contributed by atoms with Gasteiger partial charge in [0.25, 0.3) is 0 Å². The van der Waals surface area contributed by atoms with Crippen LogP contribution in [0.1, 0.15) is 11.1 Å². The summed E-state index contributed by atoms with van der Waals surface area (Å²) in [6.45, 7) is 7.04. The van der Waals surface area contributed by atoms with Gasteiger partial charge in [0.05, 0.1) is 47.5 Å². The topological polar surface area (TPSA) is 47.4 Å². The molecule has 0 radical (unpaired) electrons.